The van der Waals surface area contributed by atoms with Crippen LogP contribution in [0.4, 0.5) is 11.4 Å². The smallest absolute Gasteiger partial charge is 0.266 e. The van der Waals surface area contributed by atoms with E-state index in [0.29, 0.717) is 6.29 Å². The zero-order chi connectivity index (χ0) is 26.9. The van der Waals surface area contributed by atoms with E-state index >= 15 is 0 Å². The third-order valence-corrected chi connectivity index (χ3v) is 5.85. The number of hydrogen-bond donors (Lipinski definition) is 0. The monoisotopic (exact) mass is 484 g/mol. The lowest BCUT2D eigenvalue weighted by molar-refractivity contribution is 0.0925. The van der Waals surface area contributed by atoms with E-state index in [2.05, 4.69) is 0 Å². The van der Waals surface area contributed by atoms with E-state index in [0.717, 1.165) is 21.9 Å². The Kier molecular flexibility index (Phi) is 6.02. The van der Waals surface area contributed by atoms with Crippen LogP contribution in [0.1, 0.15) is 63.7 Å². The first kappa shape index (κ1) is 24.0. The number of anilines is 2. The Morgan fingerprint density at radius 3 is 1.89 bits per heavy atom. The van der Waals surface area contributed by atoms with Gasteiger partial charge in [0, 0.05) is 18.3 Å². The maximum absolute atomic E-state index is 13.3. The minimum atomic E-state index is -0.770. The number of hydrogen-bond acceptors (Lipinski definition) is 8. The Morgan fingerprint density at radius 1 is 0.784 bits per heavy atom. The summed E-state index contributed by atoms with van der Waals surface area (Å²) < 4.78 is 0. The molecule has 0 bridgehead atoms. The van der Waals surface area contributed by atoms with E-state index in [4.69, 9.17) is 10.5 Å². The molecule has 0 aliphatic carbocycles. The van der Waals surface area contributed by atoms with Gasteiger partial charge >= 0.3 is 0 Å². The van der Waals surface area contributed by atoms with E-state index in [-0.39, 0.29) is 55.9 Å². The molecule has 0 fully saturated rings. The zero-order valence-electron chi connectivity index (χ0n) is 19.0. The summed E-state index contributed by atoms with van der Waals surface area (Å²) in [6.45, 7) is 0. The largest absolute Gasteiger partial charge is 0.311 e. The van der Waals surface area contributed by atoms with Gasteiger partial charge in [0.1, 0.15) is 24.3 Å². The van der Waals surface area contributed by atoms with Gasteiger partial charge in [-0.3, -0.25) is 19.2 Å². The molecule has 3 amide bonds. The van der Waals surface area contributed by atoms with Crippen molar-refractivity contribution in [1.29, 1.82) is 21.0 Å². The van der Waals surface area contributed by atoms with E-state index in [1.54, 1.807) is 0 Å². The Morgan fingerprint density at radius 2 is 1.32 bits per heavy atom. The van der Waals surface area contributed by atoms with Crippen LogP contribution in [-0.4, -0.2) is 31.1 Å². The number of fused-ring (bicyclic) bond motifs is 1. The highest BCUT2D eigenvalue weighted by atomic mass is 16.2. The lowest BCUT2D eigenvalue weighted by atomic mass is 9.99. The van der Waals surface area contributed by atoms with Crippen molar-refractivity contribution in [3.63, 3.8) is 0 Å². The lowest BCUT2D eigenvalue weighted by Gasteiger charge is -2.19. The standard InChI is InChI=1S/C27H12N6O4/c1-32(20-4-2-15(10-28)17(6-20)12-30)25(35)22-9-24-23(8-19(22)14-34)26(36)33(27(24)37)21-5-3-16(11-29)18(7-21)13-31/h2-9,14H,1H3. The minimum Gasteiger partial charge on any atom is -0.311 e. The van der Waals surface area contributed by atoms with Crippen LogP contribution in [0, 0.1) is 45.3 Å². The van der Waals surface area contributed by atoms with Gasteiger partial charge < -0.3 is 4.90 Å². The number of imide groups is 1. The molecule has 0 radical (unpaired) electrons. The van der Waals surface area contributed by atoms with Crippen molar-refractivity contribution < 1.29 is 19.2 Å². The summed E-state index contributed by atoms with van der Waals surface area (Å²) in [4.78, 5) is 53.4. The van der Waals surface area contributed by atoms with Crippen LogP contribution in [0.2, 0.25) is 0 Å². The van der Waals surface area contributed by atoms with Crippen LogP contribution < -0.4 is 9.80 Å². The van der Waals surface area contributed by atoms with Gasteiger partial charge in [-0.1, -0.05) is 0 Å². The highest BCUT2D eigenvalue weighted by Gasteiger charge is 2.38. The van der Waals surface area contributed by atoms with Crippen molar-refractivity contribution >= 4 is 35.4 Å². The SMILES string of the molecule is CN(C(=O)c1cc2c(cc1C=O)C(=O)N(c1ccc(C#N)c(C#N)c1)C2=O)c1ccc(C#N)c(C#N)c1. The molecular weight excluding hydrogens is 472 g/mol. The number of amides is 3. The predicted molar refractivity (Wildman–Crippen MR) is 127 cm³/mol. The summed E-state index contributed by atoms with van der Waals surface area (Å²) in [5.41, 5.74) is 0.0531. The molecule has 3 aromatic carbocycles. The Balaban J connectivity index is 1.77. The zero-order valence-corrected chi connectivity index (χ0v) is 19.0. The van der Waals surface area contributed by atoms with Crippen molar-refractivity contribution in [2.45, 2.75) is 0 Å². The number of nitrogens with zero attached hydrogens (tertiary/aromatic N) is 6. The average Bonchev–Trinajstić information content (AvgIpc) is 3.18. The van der Waals surface area contributed by atoms with Crippen LogP contribution in [0.25, 0.3) is 0 Å². The van der Waals surface area contributed by atoms with Crippen molar-refractivity contribution in [2.75, 3.05) is 16.8 Å². The molecule has 174 valence electrons. The van der Waals surface area contributed by atoms with Crippen molar-refractivity contribution in [3.8, 4) is 24.3 Å². The van der Waals surface area contributed by atoms with Crippen molar-refractivity contribution in [1.82, 2.24) is 0 Å². The fraction of sp³-hybridized carbons (Fsp3) is 0.0370. The molecule has 0 unspecified atom stereocenters. The van der Waals surface area contributed by atoms with E-state index in [1.807, 2.05) is 24.3 Å². The van der Waals surface area contributed by atoms with Gasteiger partial charge in [0.2, 0.25) is 0 Å². The third-order valence-electron chi connectivity index (χ3n) is 5.85. The van der Waals surface area contributed by atoms with Gasteiger partial charge in [-0.05, 0) is 48.5 Å². The first-order valence-electron chi connectivity index (χ1n) is 10.5. The van der Waals surface area contributed by atoms with E-state index in [9.17, 15) is 29.7 Å². The molecule has 3 aromatic rings. The Bertz CT molecular complexity index is 1730. The summed E-state index contributed by atoms with van der Waals surface area (Å²) in [5.74, 6) is -2.22. The molecule has 1 aliphatic heterocycles. The van der Waals surface area contributed by atoms with Crippen LogP contribution in [0.5, 0.6) is 0 Å². The summed E-state index contributed by atoms with van der Waals surface area (Å²) >= 11 is 0. The van der Waals surface area contributed by atoms with Gasteiger partial charge in [0.15, 0.2) is 6.29 Å². The van der Waals surface area contributed by atoms with Crippen LogP contribution >= 0.6 is 0 Å². The molecular formula is C27H12N6O4. The molecule has 0 aromatic heterocycles. The molecule has 0 saturated carbocycles. The van der Waals surface area contributed by atoms with E-state index in [1.165, 1.54) is 43.4 Å². The molecule has 10 heteroatoms. The highest BCUT2D eigenvalue weighted by Crippen LogP contribution is 2.32. The topological polar surface area (TPSA) is 170 Å². The molecule has 1 aliphatic rings. The minimum absolute atomic E-state index is 0.0261. The normalized spacial score (nSPS) is 11.5. The molecule has 0 spiro atoms. The number of carbonyl (C=O) groups excluding carboxylic acids is 4. The second kappa shape index (κ2) is 9.27. The Hall–Kier alpha value is -6.10. The second-order valence-electron chi connectivity index (χ2n) is 7.82. The molecule has 4 rings (SSSR count). The Labute approximate surface area is 210 Å². The van der Waals surface area contributed by atoms with Crippen molar-refractivity contribution in [3.05, 3.63) is 93.0 Å². The summed E-state index contributed by atoms with van der Waals surface area (Å²) in [6.07, 6.45) is 0.386. The van der Waals surface area contributed by atoms with Gasteiger partial charge in [0.05, 0.1) is 44.6 Å². The molecule has 10 nitrogen and oxygen atoms in total. The maximum Gasteiger partial charge on any atom is 0.266 e. The first-order valence-corrected chi connectivity index (χ1v) is 10.5. The molecule has 0 saturated heterocycles. The maximum atomic E-state index is 13.3. The van der Waals surface area contributed by atoms with Crippen LogP contribution in [0.3, 0.4) is 0 Å². The fourth-order valence-corrected chi connectivity index (χ4v) is 3.91. The molecule has 0 N–H and O–H groups in total. The summed E-state index contributed by atoms with van der Waals surface area (Å²) in [7, 11) is 1.39. The first-order chi connectivity index (χ1) is 17.8. The highest BCUT2D eigenvalue weighted by molar-refractivity contribution is 6.35. The number of aldehydes is 1. The van der Waals surface area contributed by atoms with E-state index < -0.39 is 17.7 Å². The van der Waals surface area contributed by atoms with Crippen LogP contribution in [-0.2, 0) is 0 Å². The molecule has 0 atom stereocenters. The number of benzene rings is 3. The third kappa shape index (κ3) is 3.84. The summed E-state index contributed by atoms with van der Waals surface area (Å²) in [6, 6.07) is 17.8. The average molecular weight is 484 g/mol. The van der Waals surface area contributed by atoms with Gasteiger partial charge in [-0.15, -0.1) is 0 Å². The predicted octanol–water partition coefficient (Wildman–Crippen LogP) is 3.06. The fourth-order valence-electron chi connectivity index (χ4n) is 3.91. The second-order valence-corrected chi connectivity index (χ2v) is 7.82. The lowest BCUT2D eigenvalue weighted by Crippen LogP contribution is -2.29. The molecule has 37 heavy (non-hydrogen) atoms. The number of rotatable bonds is 4. The van der Waals surface area contributed by atoms with Gasteiger partial charge in [0.25, 0.3) is 17.7 Å². The van der Waals surface area contributed by atoms with Gasteiger partial charge in [-0.25, -0.2) is 4.90 Å². The van der Waals surface area contributed by atoms with Crippen LogP contribution in [0.15, 0.2) is 48.5 Å². The quantitative estimate of drug-likeness (QED) is 0.402. The number of nitriles is 4. The molecule has 1 heterocycles. The van der Waals surface area contributed by atoms with Crippen molar-refractivity contribution in [2.24, 2.45) is 0 Å². The summed E-state index contributed by atoms with van der Waals surface area (Å²) in [5, 5.41) is 36.8. The number of carbonyl (C=O) groups is 4. The van der Waals surface area contributed by atoms with Gasteiger partial charge in [-0.2, -0.15) is 21.0 Å².